The molecule has 17 heavy (non-hydrogen) atoms. The fourth-order valence-electron chi connectivity index (χ4n) is 2.23. The van der Waals surface area contributed by atoms with E-state index in [1.165, 1.54) is 11.3 Å². The van der Waals surface area contributed by atoms with E-state index in [2.05, 4.69) is 25.5 Å². The maximum absolute atomic E-state index is 5.84. The summed E-state index contributed by atoms with van der Waals surface area (Å²) in [5.74, 6) is 0. The lowest BCUT2D eigenvalue weighted by atomic mass is 10.1. The molecular formula is C13H25N3O. The second-order valence-corrected chi connectivity index (χ2v) is 4.36. The Kier molecular flexibility index (Phi) is 5.65. The van der Waals surface area contributed by atoms with Gasteiger partial charge in [0.1, 0.15) is 0 Å². The number of aromatic nitrogens is 2. The summed E-state index contributed by atoms with van der Waals surface area (Å²) in [6.07, 6.45) is 2.92. The summed E-state index contributed by atoms with van der Waals surface area (Å²) in [7, 11) is 1.74. The number of aryl methyl sites for hydroxylation is 1. The molecule has 0 saturated heterocycles. The van der Waals surface area contributed by atoms with E-state index in [4.69, 9.17) is 15.6 Å². The van der Waals surface area contributed by atoms with Crippen molar-refractivity contribution in [2.24, 2.45) is 5.73 Å². The zero-order valence-electron chi connectivity index (χ0n) is 11.5. The lowest BCUT2D eigenvalue weighted by Gasteiger charge is -2.15. The largest absolute Gasteiger partial charge is 0.385 e. The SMILES string of the molecule is CCc1nn(C(C)CCOC)c(CC)c1CN. The maximum atomic E-state index is 5.84. The standard InChI is InChI=1S/C13H25N3O/c1-5-12-11(9-14)13(6-2)16(15-12)10(3)7-8-17-4/h10H,5-9,14H2,1-4H3. The molecule has 1 unspecified atom stereocenters. The second-order valence-electron chi connectivity index (χ2n) is 4.36. The van der Waals surface area contributed by atoms with Crippen molar-refractivity contribution in [3.05, 3.63) is 17.0 Å². The molecule has 0 amide bonds. The van der Waals surface area contributed by atoms with Crippen LogP contribution >= 0.6 is 0 Å². The Morgan fingerprint density at radius 2 is 2.06 bits per heavy atom. The third-order valence-corrected chi connectivity index (χ3v) is 3.23. The highest BCUT2D eigenvalue weighted by Gasteiger charge is 2.17. The van der Waals surface area contributed by atoms with Crippen molar-refractivity contribution in [3.8, 4) is 0 Å². The number of methoxy groups -OCH3 is 1. The number of hydrogen-bond acceptors (Lipinski definition) is 3. The van der Waals surface area contributed by atoms with Crippen LogP contribution in [0.4, 0.5) is 0 Å². The van der Waals surface area contributed by atoms with Gasteiger partial charge in [-0.3, -0.25) is 4.68 Å². The van der Waals surface area contributed by atoms with Crippen molar-refractivity contribution in [3.63, 3.8) is 0 Å². The Bertz CT molecular complexity index is 347. The summed E-state index contributed by atoms with van der Waals surface area (Å²) in [4.78, 5) is 0. The molecule has 0 aliphatic carbocycles. The summed E-state index contributed by atoms with van der Waals surface area (Å²) in [6.45, 7) is 7.83. The Morgan fingerprint density at radius 1 is 1.35 bits per heavy atom. The van der Waals surface area contributed by atoms with Crippen molar-refractivity contribution in [1.29, 1.82) is 0 Å². The van der Waals surface area contributed by atoms with Crippen molar-refractivity contribution in [2.75, 3.05) is 13.7 Å². The first-order valence-electron chi connectivity index (χ1n) is 6.47. The Hall–Kier alpha value is -0.870. The molecule has 0 bridgehead atoms. The monoisotopic (exact) mass is 239 g/mol. The molecule has 1 heterocycles. The highest BCUT2D eigenvalue weighted by Crippen LogP contribution is 2.21. The highest BCUT2D eigenvalue weighted by molar-refractivity contribution is 5.27. The molecule has 0 aliphatic heterocycles. The second kappa shape index (κ2) is 6.77. The van der Waals surface area contributed by atoms with Crippen molar-refractivity contribution < 1.29 is 4.74 Å². The minimum atomic E-state index is 0.371. The van der Waals surface area contributed by atoms with Crippen molar-refractivity contribution >= 4 is 0 Å². The highest BCUT2D eigenvalue weighted by atomic mass is 16.5. The number of ether oxygens (including phenoxy) is 1. The van der Waals surface area contributed by atoms with Gasteiger partial charge in [-0.25, -0.2) is 0 Å². The van der Waals surface area contributed by atoms with Gasteiger partial charge in [0.05, 0.1) is 11.7 Å². The zero-order chi connectivity index (χ0) is 12.8. The molecule has 0 radical (unpaired) electrons. The Balaban J connectivity index is 3.01. The van der Waals surface area contributed by atoms with Crippen LogP contribution in [0.1, 0.15) is 50.2 Å². The minimum Gasteiger partial charge on any atom is -0.385 e. The first-order chi connectivity index (χ1) is 8.19. The fourth-order valence-corrected chi connectivity index (χ4v) is 2.23. The molecule has 1 atom stereocenters. The van der Waals surface area contributed by atoms with Gasteiger partial charge < -0.3 is 10.5 Å². The van der Waals surface area contributed by atoms with Crippen LogP contribution in [0.3, 0.4) is 0 Å². The predicted octanol–water partition coefficient (Wildman–Crippen LogP) is 2.06. The van der Waals surface area contributed by atoms with Crippen LogP contribution in [0.5, 0.6) is 0 Å². The van der Waals surface area contributed by atoms with Crippen LogP contribution in [0.15, 0.2) is 0 Å². The van der Waals surface area contributed by atoms with E-state index < -0.39 is 0 Å². The number of nitrogens with two attached hydrogens (primary N) is 1. The lowest BCUT2D eigenvalue weighted by molar-refractivity contribution is 0.178. The van der Waals surface area contributed by atoms with E-state index in [-0.39, 0.29) is 0 Å². The Morgan fingerprint density at radius 3 is 2.53 bits per heavy atom. The van der Waals surface area contributed by atoms with Gasteiger partial charge in [-0.15, -0.1) is 0 Å². The smallest absolute Gasteiger partial charge is 0.0669 e. The van der Waals surface area contributed by atoms with Crippen LogP contribution in [0, 0.1) is 0 Å². The van der Waals surface area contributed by atoms with Crippen LogP contribution < -0.4 is 5.73 Å². The molecule has 2 N–H and O–H groups in total. The average Bonchev–Trinajstić information content (AvgIpc) is 2.73. The quantitative estimate of drug-likeness (QED) is 0.792. The summed E-state index contributed by atoms with van der Waals surface area (Å²) < 4.78 is 7.27. The van der Waals surface area contributed by atoms with Gasteiger partial charge in [-0.1, -0.05) is 13.8 Å². The van der Waals surface area contributed by atoms with Crippen LogP contribution in [0.2, 0.25) is 0 Å². The zero-order valence-corrected chi connectivity index (χ0v) is 11.5. The van der Waals surface area contributed by atoms with E-state index in [0.29, 0.717) is 12.6 Å². The summed E-state index contributed by atoms with van der Waals surface area (Å²) in [5, 5.41) is 4.70. The van der Waals surface area contributed by atoms with Crippen LogP contribution in [-0.4, -0.2) is 23.5 Å². The summed E-state index contributed by atoms with van der Waals surface area (Å²) in [5.41, 5.74) is 9.51. The van der Waals surface area contributed by atoms with Crippen LogP contribution in [-0.2, 0) is 24.1 Å². The predicted molar refractivity (Wildman–Crippen MR) is 70.1 cm³/mol. The topological polar surface area (TPSA) is 53.1 Å². The Labute approximate surface area is 104 Å². The molecule has 4 heteroatoms. The molecule has 98 valence electrons. The first kappa shape index (κ1) is 14.2. The van der Waals surface area contributed by atoms with E-state index in [9.17, 15) is 0 Å². The van der Waals surface area contributed by atoms with Gasteiger partial charge >= 0.3 is 0 Å². The first-order valence-corrected chi connectivity index (χ1v) is 6.47. The summed E-state index contributed by atoms with van der Waals surface area (Å²) in [6, 6.07) is 0.371. The fraction of sp³-hybridized carbons (Fsp3) is 0.769. The molecule has 0 aromatic carbocycles. The van der Waals surface area contributed by atoms with E-state index in [1.807, 2.05) is 0 Å². The molecule has 0 aliphatic rings. The third kappa shape index (κ3) is 3.07. The van der Waals surface area contributed by atoms with E-state index >= 15 is 0 Å². The molecule has 1 aromatic rings. The molecule has 0 spiro atoms. The molecular weight excluding hydrogens is 214 g/mol. The average molecular weight is 239 g/mol. The van der Waals surface area contributed by atoms with Crippen molar-refractivity contribution in [1.82, 2.24) is 9.78 Å². The molecule has 0 fully saturated rings. The molecule has 4 nitrogen and oxygen atoms in total. The van der Waals surface area contributed by atoms with Gasteiger partial charge in [-0.05, 0) is 26.2 Å². The molecule has 1 rings (SSSR count). The van der Waals surface area contributed by atoms with E-state index in [1.54, 1.807) is 7.11 Å². The minimum absolute atomic E-state index is 0.371. The van der Waals surface area contributed by atoms with Crippen molar-refractivity contribution in [2.45, 2.75) is 52.6 Å². The number of hydrogen-bond donors (Lipinski definition) is 1. The van der Waals surface area contributed by atoms with Crippen LogP contribution in [0.25, 0.3) is 0 Å². The normalized spacial score (nSPS) is 13.0. The molecule has 1 aromatic heterocycles. The van der Waals surface area contributed by atoms with Gasteiger partial charge in [-0.2, -0.15) is 5.10 Å². The maximum Gasteiger partial charge on any atom is 0.0669 e. The van der Waals surface area contributed by atoms with Gasteiger partial charge in [0.25, 0.3) is 0 Å². The number of rotatable bonds is 7. The molecule has 0 saturated carbocycles. The lowest BCUT2D eigenvalue weighted by Crippen LogP contribution is -2.13. The number of nitrogens with zero attached hydrogens (tertiary/aromatic N) is 2. The third-order valence-electron chi connectivity index (χ3n) is 3.23. The van der Waals surface area contributed by atoms with Gasteiger partial charge in [0.2, 0.25) is 0 Å². The van der Waals surface area contributed by atoms with Gasteiger partial charge in [0.15, 0.2) is 0 Å². The van der Waals surface area contributed by atoms with Gasteiger partial charge in [0, 0.05) is 31.5 Å². The summed E-state index contributed by atoms with van der Waals surface area (Å²) >= 11 is 0. The van der Waals surface area contributed by atoms with E-state index in [0.717, 1.165) is 31.6 Å².